The predicted octanol–water partition coefficient (Wildman–Crippen LogP) is 1.10. The van der Waals surface area contributed by atoms with Gasteiger partial charge in [0.1, 0.15) is 0 Å². The Morgan fingerprint density at radius 1 is 1.42 bits per heavy atom. The van der Waals surface area contributed by atoms with Gasteiger partial charge >= 0.3 is 0 Å². The highest BCUT2D eigenvalue weighted by Crippen LogP contribution is 2.37. The number of nitrogens with two attached hydrogens (primary N) is 1. The lowest BCUT2D eigenvalue weighted by atomic mass is 9.94. The number of nitrogens with one attached hydrogen (secondary N) is 1. The van der Waals surface area contributed by atoms with Crippen LogP contribution in [-0.2, 0) is 4.74 Å². The van der Waals surface area contributed by atoms with Crippen molar-refractivity contribution in [3.63, 3.8) is 0 Å². The van der Waals surface area contributed by atoms with Crippen LogP contribution in [0.25, 0.3) is 0 Å². The molecule has 4 nitrogen and oxygen atoms in total. The van der Waals surface area contributed by atoms with Crippen LogP contribution >= 0.6 is 0 Å². The number of ether oxygens (including phenoxy) is 1. The molecule has 2 saturated heterocycles. The molecule has 0 aromatic rings. The third kappa shape index (κ3) is 2.82. The van der Waals surface area contributed by atoms with Gasteiger partial charge in [0.15, 0.2) is 0 Å². The Labute approximate surface area is 117 Å². The van der Waals surface area contributed by atoms with Crippen LogP contribution < -0.4 is 11.1 Å². The Morgan fingerprint density at radius 3 is 2.79 bits per heavy atom. The molecule has 0 spiro atoms. The van der Waals surface area contributed by atoms with Gasteiger partial charge in [-0.15, -0.1) is 0 Å². The van der Waals surface area contributed by atoms with E-state index in [1.54, 1.807) is 0 Å². The second-order valence-corrected chi connectivity index (χ2v) is 7.20. The highest BCUT2D eigenvalue weighted by Gasteiger charge is 2.47. The molecular formula is C15H29N3O. The molecular weight excluding hydrogens is 238 g/mol. The number of hydrogen-bond donors (Lipinski definition) is 2. The van der Waals surface area contributed by atoms with E-state index in [9.17, 15) is 0 Å². The van der Waals surface area contributed by atoms with E-state index in [1.165, 1.54) is 32.1 Å². The summed E-state index contributed by atoms with van der Waals surface area (Å²) in [5.41, 5.74) is 6.25. The standard InChI is InChI=1S/C15H29N3O/c1-12-8-15(9-16,11-18(12)13-4-5-13)17-10-14(2)6-3-7-19-14/h12-13,17H,3-11,16H2,1-2H3. The molecule has 0 aromatic carbocycles. The summed E-state index contributed by atoms with van der Waals surface area (Å²) < 4.78 is 5.89. The van der Waals surface area contributed by atoms with E-state index in [2.05, 4.69) is 24.1 Å². The molecule has 19 heavy (non-hydrogen) atoms. The van der Waals surface area contributed by atoms with Gasteiger partial charge in [0.2, 0.25) is 0 Å². The maximum atomic E-state index is 6.11. The molecule has 2 heterocycles. The molecule has 0 amide bonds. The fraction of sp³-hybridized carbons (Fsp3) is 1.00. The third-order valence-electron chi connectivity index (χ3n) is 5.28. The fourth-order valence-electron chi connectivity index (χ4n) is 3.85. The maximum absolute atomic E-state index is 6.11. The molecule has 0 bridgehead atoms. The Hall–Kier alpha value is -0.160. The monoisotopic (exact) mass is 267 g/mol. The van der Waals surface area contributed by atoms with Crippen LogP contribution in [0.4, 0.5) is 0 Å². The van der Waals surface area contributed by atoms with Gasteiger partial charge in [-0.3, -0.25) is 4.90 Å². The van der Waals surface area contributed by atoms with Crippen LogP contribution in [0, 0.1) is 0 Å². The van der Waals surface area contributed by atoms with Gasteiger partial charge < -0.3 is 15.8 Å². The number of hydrogen-bond acceptors (Lipinski definition) is 4. The van der Waals surface area contributed by atoms with Gasteiger partial charge in [0.25, 0.3) is 0 Å². The molecule has 1 aliphatic carbocycles. The molecule has 0 radical (unpaired) electrons. The zero-order chi connectivity index (χ0) is 13.5. The number of nitrogens with zero attached hydrogens (tertiary/aromatic N) is 1. The van der Waals surface area contributed by atoms with Crippen molar-refractivity contribution in [1.29, 1.82) is 0 Å². The number of likely N-dealkylation sites (tertiary alicyclic amines) is 1. The van der Waals surface area contributed by atoms with E-state index in [1.807, 2.05) is 0 Å². The Morgan fingerprint density at radius 2 is 2.21 bits per heavy atom. The summed E-state index contributed by atoms with van der Waals surface area (Å²) in [5, 5.41) is 3.78. The van der Waals surface area contributed by atoms with Crippen molar-refractivity contribution in [2.24, 2.45) is 5.73 Å². The summed E-state index contributed by atoms with van der Waals surface area (Å²) in [6.45, 7) is 8.29. The number of rotatable bonds is 5. The minimum Gasteiger partial charge on any atom is -0.374 e. The van der Waals surface area contributed by atoms with Crippen molar-refractivity contribution in [3.05, 3.63) is 0 Å². The Bertz CT molecular complexity index is 325. The van der Waals surface area contributed by atoms with Crippen molar-refractivity contribution < 1.29 is 4.74 Å². The van der Waals surface area contributed by atoms with E-state index >= 15 is 0 Å². The first-order valence-electron chi connectivity index (χ1n) is 7.91. The lowest BCUT2D eigenvalue weighted by molar-refractivity contribution is 0.0147. The summed E-state index contributed by atoms with van der Waals surface area (Å²) in [7, 11) is 0. The first-order valence-corrected chi connectivity index (χ1v) is 7.91. The molecule has 0 aromatic heterocycles. The van der Waals surface area contributed by atoms with Crippen molar-refractivity contribution in [2.45, 2.75) is 69.2 Å². The zero-order valence-electron chi connectivity index (χ0n) is 12.5. The lowest BCUT2D eigenvalue weighted by Crippen LogP contribution is -2.57. The average molecular weight is 267 g/mol. The summed E-state index contributed by atoms with van der Waals surface area (Å²) in [5.74, 6) is 0. The lowest BCUT2D eigenvalue weighted by Gasteiger charge is -2.34. The molecule has 110 valence electrons. The molecule has 3 N–H and O–H groups in total. The van der Waals surface area contributed by atoms with Gasteiger partial charge in [0, 0.05) is 43.9 Å². The Balaban J connectivity index is 1.60. The highest BCUT2D eigenvalue weighted by atomic mass is 16.5. The SMILES string of the molecule is CC1CC(CN)(NCC2(C)CCCO2)CN1C1CC1. The van der Waals surface area contributed by atoms with Crippen LogP contribution in [0.15, 0.2) is 0 Å². The van der Waals surface area contributed by atoms with E-state index in [4.69, 9.17) is 10.5 Å². The third-order valence-corrected chi connectivity index (χ3v) is 5.28. The summed E-state index contributed by atoms with van der Waals surface area (Å²) in [6.07, 6.45) is 6.30. The van der Waals surface area contributed by atoms with Crippen LogP contribution in [-0.4, -0.2) is 54.4 Å². The predicted molar refractivity (Wildman–Crippen MR) is 77.2 cm³/mol. The minimum absolute atomic E-state index is 0.0262. The first-order chi connectivity index (χ1) is 9.06. The van der Waals surface area contributed by atoms with Crippen LogP contribution in [0.2, 0.25) is 0 Å². The van der Waals surface area contributed by atoms with E-state index in [0.29, 0.717) is 6.04 Å². The molecule has 2 aliphatic heterocycles. The van der Waals surface area contributed by atoms with Crippen molar-refractivity contribution in [1.82, 2.24) is 10.2 Å². The van der Waals surface area contributed by atoms with Crippen molar-refractivity contribution >= 4 is 0 Å². The summed E-state index contributed by atoms with van der Waals surface area (Å²) in [4.78, 5) is 2.66. The maximum Gasteiger partial charge on any atom is 0.0779 e. The van der Waals surface area contributed by atoms with Crippen molar-refractivity contribution in [2.75, 3.05) is 26.2 Å². The van der Waals surface area contributed by atoms with Crippen LogP contribution in [0.5, 0.6) is 0 Å². The highest BCUT2D eigenvalue weighted by molar-refractivity contribution is 5.06. The topological polar surface area (TPSA) is 50.5 Å². The zero-order valence-corrected chi connectivity index (χ0v) is 12.5. The quantitative estimate of drug-likeness (QED) is 0.783. The second-order valence-electron chi connectivity index (χ2n) is 7.20. The van der Waals surface area contributed by atoms with Crippen molar-refractivity contribution in [3.8, 4) is 0 Å². The molecule has 3 aliphatic rings. The van der Waals surface area contributed by atoms with Gasteiger partial charge in [-0.1, -0.05) is 0 Å². The molecule has 3 unspecified atom stereocenters. The van der Waals surface area contributed by atoms with Crippen LogP contribution in [0.1, 0.15) is 46.0 Å². The largest absolute Gasteiger partial charge is 0.374 e. The fourth-order valence-corrected chi connectivity index (χ4v) is 3.85. The molecule has 3 rings (SSSR count). The molecule has 4 heteroatoms. The smallest absolute Gasteiger partial charge is 0.0779 e. The first kappa shape index (κ1) is 13.8. The Kier molecular flexibility index (Phi) is 3.63. The van der Waals surface area contributed by atoms with Gasteiger partial charge in [-0.25, -0.2) is 0 Å². The molecule has 3 fully saturated rings. The second kappa shape index (κ2) is 4.99. The van der Waals surface area contributed by atoms with Gasteiger partial charge in [-0.2, -0.15) is 0 Å². The van der Waals surface area contributed by atoms with E-state index < -0.39 is 0 Å². The molecule has 3 atom stereocenters. The van der Waals surface area contributed by atoms with E-state index in [-0.39, 0.29) is 11.1 Å². The van der Waals surface area contributed by atoms with Gasteiger partial charge in [-0.05, 0) is 46.0 Å². The summed E-state index contributed by atoms with van der Waals surface area (Å²) in [6, 6.07) is 1.50. The normalized spacial score (nSPS) is 44.1. The average Bonchev–Trinajstić information content (AvgIpc) is 3.06. The molecule has 1 saturated carbocycles. The minimum atomic E-state index is 0.0262. The van der Waals surface area contributed by atoms with E-state index in [0.717, 1.165) is 32.3 Å². The van der Waals surface area contributed by atoms with Crippen LogP contribution in [0.3, 0.4) is 0 Å². The van der Waals surface area contributed by atoms with Gasteiger partial charge in [0.05, 0.1) is 5.60 Å². The summed E-state index contributed by atoms with van der Waals surface area (Å²) >= 11 is 0.